The summed E-state index contributed by atoms with van der Waals surface area (Å²) in [6.07, 6.45) is 6.76. The van der Waals surface area contributed by atoms with E-state index < -0.39 is 0 Å². The molecule has 0 atom stereocenters. The largest absolute Gasteiger partial charge is 0.490 e. The van der Waals surface area contributed by atoms with Gasteiger partial charge in [-0.1, -0.05) is 12.1 Å². The molecule has 1 aliphatic heterocycles. The highest BCUT2D eigenvalue weighted by molar-refractivity contribution is 5.97. The number of benzene rings is 2. The molecular weight excluding hydrogens is 447 g/mol. The van der Waals surface area contributed by atoms with E-state index in [0.29, 0.717) is 36.8 Å². The zero-order valence-corrected chi connectivity index (χ0v) is 19.5. The number of carbonyl (C=O) groups is 1. The highest BCUT2D eigenvalue weighted by Gasteiger charge is 2.29. The van der Waals surface area contributed by atoms with Crippen molar-refractivity contribution in [3.63, 3.8) is 0 Å². The van der Waals surface area contributed by atoms with E-state index in [0.717, 1.165) is 24.3 Å². The summed E-state index contributed by atoms with van der Waals surface area (Å²) >= 11 is 0. The van der Waals surface area contributed by atoms with E-state index in [1.165, 1.54) is 12.1 Å². The minimum Gasteiger partial charge on any atom is -0.490 e. The fourth-order valence-electron chi connectivity index (χ4n) is 4.34. The van der Waals surface area contributed by atoms with Crippen LogP contribution in [0.3, 0.4) is 0 Å². The molecule has 0 N–H and O–H groups in total. The molecule has 0 saturated carbocycles. The molecule has 1 saturated heterocycles. The third kappa shape index (κ3) is 4.77. The maximum Gasteiger partial charge on any atom is 0.259 e. The van der Waals surface area contributed by atoms with Gasteiger partial charge in [-0.2, -0.15) is 5.10 Å². The van der Waals surface area contributed by atoms with Crippen molar-refractivity contribution in [2.45, 2.75) is 25.9 Å². The first-order valence-electron chi connectivity index (χ1n) is 11.8. The molecule has 0 radical (unpaired) electrons. The Kier molecular flexibility index (Phi) is 6.52. The highest BCUT2D eigenvalue weighted by atomic mass is 19.1. The number of aromatic nitrogens is 3. The Morgan fingerprint density at radius 3 is 2.37 bits per heavy atom. The van der Waals surface area contributed by atoms with Gasteiger partial charge >= 0.3 is 0 Å². The lowest BCUT2D eigenvalue weighted by Crippen LogP contribution is -2.42. The summed E-state index contributed by atoms with van der Waals surface area (Å²) in [7, 11) is 0. The van der Waals surface area contributed by atoms with Crippen LogP contribution < -0.4 is 9.47 Å². The predicted octanol–water partition coefficient (Wildman–Crippen LogP) is 4.88. The molecule has 35 heavy (non-hydrogen) atoms. The zero-order valence-electron chi connectivity index (χ0n) is 19.5. The molecule has 0 bridgehead atoms. The standard InChI is InChI=1S/C27H27FN4O3/c1-2-34-24-7-3-4-8-25(24)35-22-13-17-31(18-14-22)27(33)23-19-29-32(21-11-9-20(28)10-12-21)26(23)30-15-5-6-16-30/h3-12,15-16,19,22H,2,13-14,17-18H2,1H3. The van der Waals surface area contributed by atoms with E-state index >= 15 is 0 Å². The molecule has 0 spiro atoms. The Labute approximate surface area is 203 Å². The number of likely N-dealkylation sites (tertiary alicyclic amines) is 1. The van der Waals surface area contributed by atoms with Crippen LogP contribution >= 0.6 is 0 Å². The first kappa shape index (κ1) is 22.7. The molecule has 0 unspecified atom stereocenters. The van der Waals surface area contributed by atoms with Crippen LogP contribution in [0.4, 0.5) is 4.39 Å². The lowest BCUT2D eigenvalue weighted by molar-refractivity contribution is 0.0589. The van der Waals surface area contributed by atoms with E-state index in [9.17, 15) is 9.18 Å². The molecule has 5 rings (SSSR count). The molecule has 7 nitrogen and oxygen atoms in total. The van der Waals surface area contributed by atoms with Gasteiger partial charge in [0.1, 0.15) is 17.5 Å². The lowest BCUT2D eigenvalue weighted by atomic mass is 10.1. The third-order valence-electron chi connectivity index (χ3n) is 6.07. The van der Waals surface area contributed by atoms with Crippen LogP contribution in [0.1, 0.15) is 30.1 Å². The number of rotatable bonds is 7. The number of piperidine rings is 1. The van der Waals surface area contributed by atoms with Crippen LogP contribution in [-0.4, -0.2) is 51.0 Å². The van der Waals surface area contributed by atoms with E-state index in [2.05, 4.69) is 5.10 Å². The summed E-state index contributed by atoms with van der Waals surface area (Å²) in [5.74, 6) is 1.67. The molecule has 0 aliphatic carbocycles. The first-order valence-corrected chi connectivity index (χ1v) is 11.8. The average molecular weight is 475 g/mol. The normalized spacial score (nSPS) is 14.2. The average Bonchev–Trinajstić information content (AvgIpc) is 3.56. The van der Waals surface area contributed by atoms with Gasteiger partial charge in [-0.15, -0.1) is 0 Å². The Hall–Kier alpha value is -4.07. The number of para-hydroxylation sites is 2. The minimum atomic E-state index is -0.325. The SMILES string of the molecule is CCOc1ccccc1OC1CCN(C(=O)c2cnn(-c3ccc(F)cc3)c2-n2cccc2)CC1. The van der Waals surface area contributed by atoms with Crippen LogP contribution in [0.25, 0.3) is 11.5 Å². The number of hydrogen-bond acceptors (Lipinski definition) is 4. The number of amides is 1. The molecule has 4 aromatic rings. The predicted molar refractivity (Wildman–Crippen MR) is 130 cm³/mol. The second-order valence-electron chi connectivity index (χ2n) is 8.35. The van der Waals surface area contributed by atoms with Crippen molar-refractivity contribution in [3.8, 4) is 23.0 Å². The number of hydrogen-bond donors (Lipinski definition) is 0. The maximum absolute atomic E-state index is 13.6. The van der Waals surface area contributed by atoms with E-state index in [4.69, 9.17) is 9.47 Å². The van der Waals surface area contributed by atoms with Gasteiger partial charge in [-0.25, -0.2) is 9.07 Å². The van der Waals surface area contributed by atoms with E-state index in [1.807, 2.05) is 65.2 Å². The zero-order chi connectivity index (χ0) is 24.2. The number of halogens is 1. The van der Waals surface area contributed by atoms with Gasteiger partial charge in [0.05, 0.1) is 18.5 Å². The Balaban J connectivity index is 1.33. The van der Waals surface area contributed by atoms with Gasteiger partial charge in [0.2, 0.25) is 0 Å². The molecule has 180 valence electrons. The number of carbonyl (C=O) groups excluding carboxylic acids is 1. The molecule has 1 aliphatic rings. The van der Waals surface area contributed by atoms with Gasteiger partial charge in [-0.3, -0.25) is 4.79 Å². The van der Waals surface area contributed by atoms with Gasteiger partial charge in [-0.05, 0) is 55.5 Å². The van der Waals surface area contributed by atoms with Crippen molar-refractivity contribution in [3.05, 3.63) is 90.6 Å². The molecule has 8 heteroatoms. The van der Waals surface area contributed by atoms with Gasteiger partial charge in [0.25, 0.3) is 5.91 Å². The molecule has 2 aromatic carbocycles. The fourth-order valence-corrected chi connectivity index (χ4v) is 4.34. The Bertz CT molecular complexity index is 1280. The monoisotopic (exact) mass is 474 g/mol. The molecule has 1 fully saturated rings. The van der Waals surface area contributed by atoms with Crippen LogP contribution in [0, 0.1) is 5.82 Å². The number of ether oxygens (including phenoxy) is 2. The molecule has 3 heterocycles. The van der Waals surface area contributed by atoms with Crippen molar-refractivity contribution < 1.29 is 18.7 Å². The lowest BCUT2D eigenvalue weighted by Gasteiger charge is -2.32. The summed E-state index contributed by atoms with van der Waals surface area (Å²) in [5, 5.41) is 4.47. The summed E-state index contributed by atoms with van der Waals surface area (Å²) in [6, 6.07) is 17.5. The smallest absolute Gasteiger partial charge is 0.259 e. The topological polar surface area (TPSA) is 61.5 Å². The van der Waals surface area contributed by atoms with Gasteiger partial charge < -0.3 is 18.9 Å². The van der Waals surface area contributed by atoms with Crippen molar-refractivity contribution in [1.82, 2.24) is 19.2 Å². The molecule has 2 aromatic heterocycles. The minimum absolute atomic E-state index is 0.00603. The van der Waals surface area contributed by atoms with Crippen LogP contribution in [0.5, 0.6) is 11.5 Å². The summed E-state index contributed by atoms with van der Waals surface area (Å²) in [6.45, 7) is 3.67. The Morgan fingerprint density at radius 2 is 1.69 bits per heavy atom. The summed E-state index contributed by atoms with van der Waals surface area (Å²) in [5.41, 5.74) is 1.17. The second kappa shape index (κ2) is 10.0. The molecule has 1 amide bonds. The Morgan fingerprint density at radius 1 is 1.00 bits per heavy atom. The van der Waals surface area contributed by atoms with Gasteiger partial charge in [0.15, 0.2) is 17.3 Å². The van der Waals surface area contributed by atoms with Crippen molar-refractivity contribution in [1.29, 1.82) is 0 Å². The quantitative estimate of drug-likeness (QED) is 0.383. The second-order valence-corrected chi connectivity index (χ2v) is 8.35. The third-order valence-corrected chi connectivity index (χ3v) is 6.07. The van der Waals surface area contributed by atoms with Gasteiger partial charge in [0, 0.05) is 38.3 Å². The number of nitrogens with zero attached hydrogens (tertiary/aromatic N) is 4. The van der Waals surface area contributed by atoms with Crippen LogP contribution in [0.15, 0.2) is 79.3 Å². The van der Waals surface area contributed by atoms with Crippen LogP contribution in [0.2, 0.25) is 0 Å². The van der Waals surface area contributed by atoms with Crippen molar-refractivity contribution in [2.75, 3.05) is 19.7 Å². The summed E-state index contributed by atoms with van der Waals surface area (Å²) < 4.78 is 28.9. The van der Waals surface area contributed by atoms with Crippen molar-refractivity contribution in [2.24, 2.45) is 0 Å². The van der Waals surface area contributed by atoms with E-state index in [1.54, 1.807) is 23.0 Å². The van der Waals surface area contributed by atoms with Crippen molar-refractivity contribution >= 4 is 5.91 Å². The summed E-state index contributed by atoms with van der Waals surface area (Å²) in [4.78, 5) is 15.4. The highest BCUT2D eigenvalue weighted by Crippen LogP contribution is 2.30. The van der Waals surface area contributed by atoms with Crippen LogP contribution in [-0.2, 0) is 0 Å². The maximum atomic E-state index is 13.6. The van der Waals surface area contributed by atoms with E-state index in [-0.39, 0.29) is 17.8 Å². The first-order chi connectivity index (χ1) is 17.1. The fraction of sp³-hybridized carbons (Fsp3) is 0.259. The molecular formula is C27H27FN4O3.